The minimum absolute atomic E-state index is 0.0135. The molecule has 0 bridgehead atoms. The Bertz CT molecular complexity index is 777. The smallest absolute Gasteiger partial charge is 0.256 e. The topological polar surface area (TPSA) is 73.4 Å². The lowest BCUT2D eigenvalue weighted by Crippen LogP contribution is -2.32. The van der Waals surface area contributed by atoms with Crippen LogP contribution < -0.4 is 0 Å². The van der Waals surface area contributed by atoms with Gasteiger partial charge in [-0.15, -0.1) is 0 Å². The second kappa shape index (κ2) is 6.63. The van der Waals surface area contributed by atoms with Crippen molar-refractivity contribution < 1.29 is 14.1 Å². The molecule has 2 atom stereocenters. The Balaban J connectivity index is 1.95. The number of nitrogens with zero attached hydrogens (tertiary/aromatic N) is 4. The van der Waals surface area contributed by atoms with Gasteiger partial charge < -0.3 is 18.7 Å². The molecule has 0 spiro atoms. The Labute approximate surface area is 148 Å². The number of aryl methyl sites for hydroxylation is 2. The number of likely N-dealkylation sites (tertiary alicyclic amines) is 1. The second-order valence-corrected chi connectivity index (χ2v) is 7.00. The molecule has 1 aliphatic heterocycles. The van der Waals surface area contributed by atoms with Crippen molar-refractivity contribution in [3.8, 4) is 0 Å². The van der Waals surface area contributed by atoms with Gasteiger partial charge in [0.15, 0.2) is 5.82 Å². The largest absolute Gasteiger partial charge is 0.380 e. The van der Waals surface area contributed by atoms with Crippen molar-refractivity contribution in [2.24, 2.45) is 0 Å². The van der Waals surface area contributed by atoms with Gasteiger partial charge in [0.05, 0.1) is 11.7 Å². The Kier molecular flexibility index (Phi) is 4.69. The second-order valence-electron chi connectivity index (χ2n) is 7.00. The highest BCUT2D eigenvalue weighted by Crippen LogP contribution is 2.34. The molecule has 25 heavy (non-hydrogen) atoms. The van der Waals surface area contributed by atoms with Gasteiger partial charge in [-0.3, -0.25) is 4.79 Å². The molecular formula is C18H26N4O3. The molecule has 1 aliphatic rings. The van der Waals surface area contributed by atoms with E-state index in [1.54, 1.807) is 18.9 Å². The molecule has 3 heterocycles. The van der Waals surface area contributed by atoms with E-state index in [2.05, 4.69) is 28.6 Å². The van der Waals surface area contributed by atoms with E-state index in [9.17, 15) is 4.79 Å². The van der Waals surface area contributed by atoms with Gasteiger partial charge >= 0.3 is 0 Å². The molecule has 136 valence electrons. The average molecular weight is 346 g/mol. The van der Waals surface area contributed by atoms with Crippen molar-refractivity contribution in [3.63, 3.8) is 0 Å². The number of amides is 1. The maximum Gasteiger partial charge on any atom is 0.256 e. The first-order chi connectivity index (χ1) is 11.8. The van der Waals surface area contributed by atoms with Gasteiger partial charge in [-0.25, -0.2) is 0 Å². The highest BCUT2D eigenvalue weighted by atomic mass is 16.5. The molecule has 0 radical (unpaired) electrons. The van der Waals surface area contributed by atoms with Crippen LogP contribution in [0.5, 0.6) is 0 Å². The van der Waals surface area contributed by atoms with Crippen molar-refractivity contribution in [2.75, 3.05) is 13.7 Å². The Morgan fingerprint density at radius 3 is 2.60 bits per heavy atom. The van der Waals surface area contributed by atoms with Crippen LogP contribution in [0.4, 0.5) is 0 Å². The van der Waals surface area contributed by atoms with E-state index in [1.165, 1.54) is 0 Å². The summed E-state index contributed by atoms with van der Waals surface area (Å²) in [7, 11) is 1.67. The van der Waals surface area contributed by atoms with Crippen LogP contribution in [-0.4, -0.2) is 45.3 Å². The standard InChI is InChI=1S/C18H26N4O3/c1-10(2)22-11(3)7-15(12(22)4)18(23)21-9-14(24-6)8-16(21)17-19-13(5)20-25-17/h7,10,14,16H,8-9H2,1-6H3/t14-,16-/m1/s1. The number of carbonyl (C=O) groups excluding carboxylic acids is 1. The fourth-order valence-electron chi connectivity index (χ4n) is 3.82. The summed E-state index contributed by atoms with van der Waals surface area (Å²) in [6, 6.07) is 2.02. The van der Waals surface area contributed by atoms with Gasteiger partial charge in [0.25, 0.3) is 5.91 Å². The number of rotatable bonds is 4. The summed E-state index contributed by atoms with van der Waals surface area (Å²) in [6.07, 6.45) is 0.627. The number of ether oxygens (including phenoxy) is 1. The van der Waals surface area contributed by atoms with Crippen LogP contribution in [0.25, 0.3) is 0 Å². The predicted octanol–water partition coefficient (Wildman–Crippen LogP) is 2.98. The minimum atomic E-state index is -0.249. The van der Waals surface area contributed by atoms with Crippen molar-refractivity contribution in [2.45, 2.75) is 59.2 Å². The van der Waals surface area contributed by atoms with E-state index in [0.717, 1.165) is 17.0 Å². The van der Waals surface area contributed by atoms with E-state index >= 15 is 0 Å². The van der Waals surface area contributed by atoms with Crippen molar-refractivity contribution in [3.05, 3.63) is 34.7 Å². The van der Waals surface area contributed by atoms with Gasteiger partial charge in [-0.2, -0.15) is 4.98 Å². The third-order valence-electron chi connectivity index (χ3n) is 4.92. The van der Waals surface area contributed by atoms with Gasteiger partial charge in [0.2, 0.25) is 5.89 Å². The van der Waals surface area contributed by atoms with Crippen molar-refractivity contribution in [1.29, 1.82) is 0 Å². The molecule has 3 rings (SSSR count). The lowest BCUT2D eigenvalue weighted by Gasteiger charge is -2.22. The fourth-order valence-corrected chi connectivity index (χ4v) is 3.82. The van der Waals surface area contributed by atoms with Gasteiger partial charge in [0.1, 0.15) is 6.04 Å². The normalized spacial score (nSPS) is 20.7. The molecule has 2 aromatic rings. The maximum atomic E-state index is 13.3. The van der Waals surface area contributed by atoms with Gasteiger partial charge in [-0.1, -0.05) is 5.16 Å². The quantitative estimate of drug-likeness (QED) is 0.851. The zero-order valence-corrected chi connectivity index (χ0v) is 15.7. The van der Waals surface area contributed by atoms with Gasteiger partial charge in [-0.05, 0) is 40.7 Å². The van der Waals surface area contributed by atoms with Gasteiger partial charge in [0, 0.05) is 37.5 Å². The third kappa shape index (κ3) is 3.08. The first kappa shape index (κ1) is 17.7. The zero-order chi connectivity index (χ0) is 18.3. The first-order valence-electron chi connectivity index (χ1n) is 8.65. The number of methoxy groups -OCH3 is 1. The molecule has 1 saturated heterocycles. The van der Waals surface area contributed by atoms with E-state index in [0.29, 0.717) is 30.7 Å². The number of carbonyl (C=O) groups is 1. The molecule has 0 saturated carbocycles. The molecule has 0 aliphatic carbocycles. The molecule has 0 aromatic carbocycles. The van der Waals surface area contributed by atoms with Crippen LogP contribution in [-0.2, 0) is 4.74 Å². The monoisotopic (exact) mass is 346 g/mol. The van der Waals surface area contributed by atoms with Crippen molar-refractivity contribution >= 4 is 5.91 Å². The molecule has 0 unspecified atom stereocenters. The van der Waals surface area contributed by atoms with Crippen molar-refractivity contribution in [1.82, 2.24) is 19.6 Å². The van der Waals surface area contributed by atoms with Crippen LogP contribution in [0.2, 0.25) is 0 Å². The summed E-state index contributed by atoms with van der Waals surface area (Å²) in [6.45, 7) is 10.6. The summed E-state index contributed by atoms with van der Waals surface area (Å²) in [5, 5.41) is 3.87. The number of aromatic nitrogens is 3. The van der Waals surface area contributed by atoms with Crippen LogP contribution >= 0.6 is 0 Å². The molecule has 2 aromatic heterocycles. The molecular weight excluding hydrogens is 320 g/mol. The van der Waals surface area contributed by atoms with E-state index < -0.39 is 0 Å². The Hall–Kier alpha value is -2.15. The molecule has 7 nitrogen and oxygen atoms in total. The third-order valence-corrected chi connectivity index (χ3v) is 4.92. The zero-order valence-electron chi connectivity index (χ0n) is 15.7. The lowest BCUT2D eigenvalue weighted by molar-refractivity contribution is 0.0670. The molecule has 7 heteroatoms. The average Bonchev–Trinajstić information content (AvgIpc) is 3.23. The molecule has 1 amide bonds. The summed E-state index contributed by atoms with van der Waals surface area (Å²) in [5.74, 6) is 1.03. The Morgan fingerprint density at radius 2 is 2.08 bits per heavy atom. The summed E-state index contributed by atoms with van der Waals surface area (Å²) < 4.78 is 13.0. The fraction of sp³-hybridized carbons (Fsp3) is 0.611. The lowest BCUT2D eigenvalue weighted by atomic mass is 10.1. The summed E-state index contributed by atoms with van der Waals surface area (Å²) in [5.41, 5.74) is 2.80. The van der Waals surface area contributed by atoms with E-state index in [1.807, 2.05) is 19.9 Å². The van der Waals surface area contributed by atoms with Crippen LogP contribution in [0.15, 0.2) is 10.6 Å². The first-order valence-corrected chi connectivity index (χ1v) is 8.65. The predicted molar refractivity (Wildman–Crippen MR) is 92.5 cm³/mol. The number of hydrogen-bond donors (Lipinski definition) is 0. The van der Waals surface area contributed by atoms with Crippen LogP contribution in [0.1, 0.15) is 65.8 Å². The molecule has 0 N–H and O–H groups in total. The SMILES string of the molecule is CO[C@@H]1C[C@H](c2nc(C)no2)N(C(=O)c2cc(C)n(C(C)C)c2C)C1. The minimum Gasteiger partial charge on any atom is -0.380 e. The summed E-state index contributed by atoms with van der Waals surface area (Å²) >= 11 is 0. The number of hydrogen-bond acceptors (Lipinski definition) is 5. The highest BCUT2D eigenvalue weighted by Gasteiger charge is 2.40. The Morgan fingerprint density at radius 1 is 1.36 bits per heavy atom. The maximum absolute atomic E-state index is 13.3. The summed E-state index contributed by atoms with van der Waals surface area (Å²) in [4.78, 5) is 19.4. The van der Waals surface area contributed by atoms with E-state index in [4.69, 9.17) is 9.26 Å². The van der Waals surface area contributed by atoms with Crippen LogP contribution in [0.3, 0.4) is 0 Å². The molecule has 1 fully saturated rings. The van der Waals surface area contributed by atoms with E-state index in [-0.39, 0.29) is 18.1 Å². The highest BCUT2D eigenvalue weighted by molar-refractivity contribution is 5.96. The van der Waals surface area contributed by atoms with Crippen LogP contribution in [0, 0.1) is 20.8 Å².